The van der Waals surface area contributed by atoms with E-state index < -0.39 is 5.41 Å². The normalized spacial score (nSPS) is 22.7. The van der Waals surface area contributed by atoms with Crippen LogP contribution in [0.15, 0.2) is 65.3 Å². The van der Waals surface area contributed by atoms with E-state index in [9.17, 15) is 0 Å². The minimum Gasteiger partial charge on any atom is -0.457 e. The van der Waals surface area contributed by atoms with Crippen LogP contribution in [0.25, 0.3) is 0 Å². The molecule has 0 bridgehead atoms. The Morgan fingerprint density at radius 2 is 0.891 bits per heavy atom. The second kappa shape index (κ2) is 9.13. The molecule has 2 aromatic heterocycles. The summed E-state index contributed by atoms with van der Waals surface area (Å²) in [6.07, 6.45) is 0. The molecule has 0 spiro atoms. The number of aromatic nitrogens is 2. The summed E-state index contributed by atoms with van der Waals surface area (Å²) < 4.78 is 7.98. The average Bonchev–Trinajstić information content (AvgIpc) is 3.14. The fraction of sp³-hybridized carbons (Fsp3) is 0.476. The Hall–Kier alpha value is -2.98. The van der Waals surface area contributed by atoms with Crippen LogP contribution in [0, 0.1) is 17.8 Å². The number of benzene rings is 2. The van der Waals surface area contributed by atoms with E-state index in [2.05, 4.69) is 161 Å². The summed E-state index contributed by atoms with van der Waals surface area (Å²) in [5, 5.41) is 0. The molecule has 3 aliphatic rings. The molecule has 3 nitrogen and oxygen atoms in total. The third-order valence-electron chi connectivity index (χ3n) is 14.6. The summed E-state index contributed by atoms with van der Waals surface area (Å²) in [4.78, 5) is 10.6. The van der Waals surface area contributed by atoms with Gasteiger partial charge in [0.2, 0.25) is 0 Å². The van der Waals surface area contributed by atoms with Crippen LogP contribution in [0.2, 0.25) is 0 Å². The molecular formula is C42H49BrN2O. The molecule has 240 valence electrons. The van der Waals surface area contributed by atoms with Crippen molar-refractivity contribution >= 4 is 15.9 Å². The molecule has 0 amide bonds. The molecular weight excluding hydrogens is 628 g/mol. The minimum atomic E-state index is -0.803. The van der Waals surface area contributed by atoms with E-state index in [0.29, 0.717) is 0 Å². The van der Waals surface area contributed by atoms with Crippen LogP contribution in [0.5, 0.6) is 11.5 Å². The maximum Gasteiger partial charge on any atom is 0.132 e. The maximum atomic E-state index is 7.18. The van der Waals surface area contributed by atoms with Gasteiger partial charge in [-0.15, -0.1) is 0 Å². The van der Waals surface area contributed by atoms with E-state index in [1.165, 1.54) is 22.3 Å². The Bertz CT molecular complexity index is 1820. The van der Waals surface area contributed by atoms with Crippen molar-refractivity contribution in [1.82, 2.24) is 9.97 Å². The summed E-state index contributed by atoms with van der Waals surface area (Å²) in [7, 11) is 0. The summed E-state index contributed by atoms with van der Waals surface area (Å²) in [5.41, 5.74) is 9.54. The number of hydrogen-bond acceptors (Lipinski definition) is 3. The van der Waals surface area contributed by atoms with Gasteiger partial charge >= 0.3 is 0 Å². The molecule has 0 atom stereocenters. The zero-order valence-corrected chi connectivity index (χ0v) is 31.5. The largest absolute Gasteiger partial charge is 0.457 e. The molecule has 4 aromatic rings. The van der Waals surface area contributed by atoms with Crippen molar-refractivity contribution < 1.29 is 4.74 Å². The van der Waals surface area contributed by atoms with E-state index in [-0.39, 0.29) is 32.5 Å². The van der Waals surface area contributed by atoms with E-state index in [1.807, 2.05) is 6.07 Å². The molecule has 4 heteroatoms. The van der Waals surface area contributed by atoms with Gasteiger partial charge in [0, 0.05) is 16.8 Å². The molecule has 0 unspecified atom stereocenters. The molecule has 0 N–H and O–H groups in total. The van der Waals surface area contributed by atoms with Gasteiger partial charge in [-0.1, -0.05) is 95.2 Å². The summed E-state index contributed by atoms with van der Waals surface area (Å²) in [6, 6.07) is 22.3. The Balaban J connectivity index is 1.69. The van der Waals surface area contributed by atoms with E-state index in [4.69, 9.17) is 14.7 Å². The molecule has 1 aliphatic heterocycles. The van der Waals surface area contributed by atoms with Gasteiger partial charge in [0.25, 0.3) is 0 Å². The zero-order chi connectivity index (χ0) is 33.6. The van der Waals surface area contributed by atoms with Crippen molar-refractivity contribution in [2.75, 3.05) is 0 Å². The molecule has 0 fully saturated rings. The third kappa shape index (κ3) is 3.50. The number of halogens is 1. The van der Waals surface area contributed by atoms with E-state index in [0.717, 1.165) is 44.3 Å². The van der Waals surface area contributed by atoms with Crippen molar-refractivity contribution in [3.05, 3.63) is 116 Å². The van der Waals surface area contributed by atoms with Crippen molar-refractivity contribution in [1.29, 1.82) is 0 Å². The molecule has 2 aliphatic carbocycles. The quantitative estimate of drug-likeness (QED) is 0.174. The summed E-state index contributed by atoms with van der Waals surface area (Å²) in [5.74, 6) is 1.79. The number of pyridine rings is 2. The number of rotatable bonds is 2. The highest BCUT2D eigenvalue weighted by Gasteiger charge is 2.61. The van der Waals surface area contributed by atoms with Crippen molar-refractivity contribution in [3.8, 4) is 11.5 Å². The van der Waals surface area contributed by atoms with Crippen LogP contribution in [-0.2, 0) is 27.1 Å². The highest BCUT2D eigenvalue weighted by molar-refractivity contribution is 9.10. The highest BCUT2D eigenvalue weighted by Crippen LogP contribution is 2.67. The number of aryl methyl sites for hydroxylation is 1. The monoisotopic (exact) mass is 676 g/mol. The Morgan fingerprint density at radius 1 is 0.500 bits per heavy atom. The topological polar surface area (TPSA) is 35.0 Å². The zero-order valence-electron chi connectivity index (χ0n) is 30.0. The van der Waals surface area contributed by atoms with Gasteiger partial charge in [0.15, 0.2) is 0 Å². The van der Waals surface area contributed by atoms with Gasteiger partial charge < -0.3 is 4.74 Å². The highest BCUT2D eigenvalue weighted by atomic mass is 79.9. The van der Waals surface area contributed by atoms with Crippen LogP contribution in [0.3, 0.4) is 0 Å². The summed E-state index contributed by atoms with van der Waals surface area (Å²) >= 11 is 3.75. The predicted octanol–water partition coefficient (Wildman–Crippen LogP) is 11.2. The first-order chi connectivity index (χ1) is 21.1. The van der Waals surface area contributed by atoms with Gasteiger partial charge in [0.05, 0.1) is 11.4 Å². The molecule has 2 aromatic carbocycles. The van der Waals surface area contributed by atoms with Crippen LogP contribution in [-0.4, -0.2) is 9.97 Å². The fourth-order valence-corrected chi connectivity index (χ4v) is 9.55. The lowest BCUT2D eigenvalue weighted by Gasteiger charge is -2.44. The second-order valence-electron chi connectivity index (χ2n) is 17.4. The first-order valence-corrected chi connectivity index (χ1v) is 17.6. The second-order valence-corrected chi connectivity index (χ2v) is 18.2. The number of fused-ring (bicyclic) bond motifs is 4. The van der Waals surface area contributed by atoms with Gasteiger partial charge in [-0.3, -0.25) is 4.98 Å². The number of hydrogen-bond donors (Lipinski definition) is 0. The third-order valence-corrected chi connectivity index (χ3v) is 15.0. The SMILES string of the molecule is Cc1cccc(C2(c3cccc(Br)n3)c3cc4c(cc3Oc3cc5c(cc32)C(C)(C)C(C)(C)C5(C)C)C(C)(C)C(C)(C)C4(C)C)n1. The molecule has 0 saturated carbocycles. The van der Waals surface area contributed by atoms with Gasteiger partial charge in [-0.2, -0.15) is 0 Å². The van der Waals surface area contributed by atoms with Crippen molar-refractivity contribution in [2.24, 2.45) is 10.8 Å². The lowest BCUT2D eigenvalue weighted by atomic mass is 9.59. The Kier molecular flexibility index (Phi) is 6.27. The summed E-state index contributed by atoms with van der Waals surface area (Å²) in [6.45, 7) is 31.0. The number of nitrogens with zero attached hydrogens (tertiary/aromatic N) is 2. The van der Waals surface area contributed by atoms with Gasteiger partial charge in [-0.25, -0.2) is 4.98 Å². The van der Waals surface area contributed by atoms with Crippen molar-refractivity contribution in [2.45, 2.75) is 117 Å². The average molecular weight is 678 g/mol. The predicted molar refractivity (Wildman–Crippen MR) is 193 cm³/mol. The molecule has 7 rings (SSSR count). The molecule has 0 saturated heterocycles. The number of ether oxygens (including phenoxy) is 1. The first-order valence-electron chi connectivity index (χ1n) is 16.8. The smallest absolute Gasteiger partial charge is 0.132 e. The van der Waals surface area contributed by atoms with Gasteiger partial charge in [0.1, 0.15) is 21.5 Å². The van der Waals surface area contributed by atoms with Gasteiger partial charge in [-0.05, 0) is 126 Å². The molecule has 3 heterocycles. The van der Waals surface area contributed by atoms with E-state index >= 15 is 0 Å². The van der Waals surface area contributed by atoms with Crippen LogP contribution >= 0.6 is 15.9 Å². The van der Waals surface area contributed by atoms with Crippen LogP contribution in [0.1, 0.15) is 134 Å². The fourth-order valence-electron chi connectivity index (χ4n) is 9.21. The lowest BCUT2D eigenvalue weighted by molar-refractivity contribution is 0.125. The van der Waals surface area contributed by atoms with Crippen LogP contribution in [0.4, 0.5) is 0 Å². The Morgan fingerprint density at radius 3 is 1.30 bits per heavy atom. The maximum absolute atomic E-state index is 7.18. The molecule has 0 radical (unpaired) electrons. The van der Waals surface area contributed by atoms with Crippen molar-refractivity contribution in [3.63, 3.8) is 0 Å². The minimum absolute atomic E-state index is 0.0121. The lowest BCUT2D eigenvalue weighted by Crippen LogP contribution is -2.42. The van der Waals surface area contributed by atoms with Crippen LogP contribution < -0.4 is 4.74 Å². The Labute approximate surface area is 284 Å². The standard InChI is InChI=1S/C42H49BrN2O/c1-24-16-14-17-33(44-24)42(34-18-15-19-35(43)45-34)29-20-25-27(38(6,7)40(10,11)36(25,2)3)22-31(29)46-32-23-28-26(21-30(32)42)37(4,5)41(12,13)39(28,8)9/h14-23H,1-13H3. The first kappa shape index (κ1) is 31.6. The van der Waals surface area contributed by atoms with E-state index in [1.54, 1.807) is 0 Å². The molecule has 46 heavy (non-hydrogen) atoms.